The van der Waals surface area contributed by atoms with Crippen molar-refractivity contribution in [1.29, 1.82) is 0 Å². The van der Waals surface area contributed by atoms with Gasteiger partial charge in [0, 0.05) is 23.1 Å². The molecule has 1 fully saturated rings. The number of hydrogen-bond donors (Lipinski definition) is 4. The molecule has 204 valence electrons. The average molecular weight is 579 g/mol. The first-order valence-electron chi connectivity index (χ1n) is 11.8. The van der Waals surface area contributed by atoms with Gasteiger partial charge in [0.2, 0.25) is 10.0 Å². The lowest BCUT2D eigenvalue weighted by molar-refractivity contribution is 0.0696. The van der Waals surface area contributed by atoms with Crippen LogP contribution in [0.15, 0.2) is 83.4 Å². The van der Waals surface area contributed by atoms with Crippen LogP contribution in [0.4, 0.5) is 11.4 Å². The number of anilines is 2. The molecule has 1 saturated heterocycles. The molecule has 11 nitrogen and oxygen atoms in total. The quantitative estimate of drug-likeness (QED) is 0.221. The Morgan fingerprint density at radius 1 is 1.00 bits per heavy atom. The van der Waals surface area contributed by atoms with Crippen molar-refractivity contribution >= 4 is 50.7 Å². The van der Waals surface area contributed by atoms with Gasteiger partial charge in [-0.25, -0.2) is 18.0 Å². The maximum Gasteiger partial charge on any atom is 0.335 e. The number of aromatic nitrogens is 1. The van der Waals surface area contributed by atoms with Crippen LogP contribution in [0.2, 0.25) is 0 Å². The van der Waals surface area contributed by atoms with E-state index in [2.05, 4.69) is 15.0 Å². The van der Waals surface area contributed by atoms with Gasteiger partial charge in [0.1, 0.15) is 17.6 Å². The summed E-state index contributed by atoms with van der Waals surface area (Å²) < 4.78 is 31.9. The van der Waals surface area contributed by atoms with Gasteiger partial charge in [0.05, 0.1) is 29.1 Å². The lowest BCUT2D eigenvalue weighted by Crippen LogP contribution is -2.29. The molecular formula is C27H22N4O7S2. The molecule has 5 rings (SSSR count). The molecule has 3 heterocycles. The van der Waals surface area contributed by atoms with Gasteiger partial charge >= 0.3 is 11.9 Å². The lowest BCUT2D eigenvalue weighted by Gasteiger charge is -2.26. The van der Waals surface area contributed by atoms with E-state index >= 15 is 0 Å². The van der Waals surface area contributed by atoms with Gasteiger partial charge in [-0.2, -0.15) is 0 Å². The van der Waals surface area contributed by atoms with Crippen LogP contribution in [0.3, 0.4) is 0 Å². The standard InChI is InChI=1S/C27H22N4O7S2/c1-40(36,37)30-18-5-7-19(8-6-18)31-24(23(29-27(31)39)20-4-2-3-11-28-20)22-10-9-21(38-22)15-12-16(25(32)33)14-17(13-15)26(34)35/h2-14,23-24,30H,1H3,(H,29,39)(H,32,33)(H,34,35)/t23-,24-/m1/s1. The number of aromatic carboxylic acids is 2. The van der Waals surface area contributed by atoms with Crippen molar-refractivity contribution in [3.63, 3.8) is 0 Å². The average Bonchev–Trinajstić information content (AvgIpc) is 3.53. The van der Waals surface area contributed by atoms with E-state index in [1.807, 2.05) is 17.0 Å². The van der Waals surface area contributed by atoms with Crippen molar-refractivity contribution < 1.29 is 32.6 Å². The first-order valence-corrected chi connectivity index (χ1v) is 14.1. The van der Waals surface area contributed by atoms with Crippen molar-refractivity contribution in [3.8, 4) is 11.3 Å². The minimum Gasteiger partial charge on any atom is -0.478 e. The Labute approximate surface area is 234 Å². The monoisotopic (exact) mass is 578 g/mol. The lowest BCUT2D eigenvalue weighted by atomic mass is 10.0. The number of carboxylic acids is 2. The summed E-state index contributed by atoms with van der Waals surface area (Å²) >= 11 is 5.69. The molecule has 1 aliphatic rings. The van der Waals surface area contributed by atoms with Crippen LogP contribution in [0.5, 0.6) is 0 Å². The Kier molecular flexibility index (Phi) is 7.00. The third-order valence-corrected chi connectivity index (χ3v) is 7.10. The van der Waals surface area contributed by atoms with E-state index in [1.54, 1.807) is 48.7 Å². The molecule has 0 bridgehead atoms. The molecule has 0 amide bonds. The highest BCUT2D eigenvalue weighted by Crippen LogP contribution is 2.43. The Morgan fingerprint density at radius 3 is 2.25 bits per heavy atom. The molecular weight excluding hydrogens is 556 g/mol. The zero-order chi connectivity index (χ0) is 28.6. The second-order valence-corrected chi connectivity index (χ2v) is 11.2. The summed E-state index contributed by atoms with van der Waals surface area (Å²) in [6, 6.07) is 18.3. The van der Waals surface area contributed by atoms with Gasteiger partial charge in [-0.05, 0) is 78.9 Å². The minimum atomic E-state index is -3.46. The van der Waals surface area contributed by atoms with Gasteiger partial charge in [0.25, 0.3) is 0 Å². The molecule has 2 aromatic carbocycles. The number of carboxylic acid groups (broad SMARTS) is 2. The highest BCUT2D eigenvalue weighted by Gasteiger charge is 2.42. The smallest absolute Gasteiger partial charge is 0.335 e. The van der Waals surface area contributed by atoms with E-state index in [9.17, 15) is 28.2 Å². The molecule has 0 unspecified atom stereocenters. The topological polar surface area (TPSA) is 162 Å². The Bertz CT molecular complexity index is 1690. The molecule has 0 aliphatic carbocycles. The SMILES string of the molecule is CS(=O)(=O)Nc1ccc(N2C(=S)N[C@H](c3ccccn3)[C@H]2c2ccc(-c3cc(C(=O)O)cc(C(=O)O)c3)o2)cc1. The maximum absolute atomic E-state index is 11.6. The van der Waals surface area contributed by atoms with Crippen LogP contribution < -0.4 is 14.9 Å². The first-order chi connectivity index (χ1) is 19.0. The normalized spacial score (nSPS) is 16.9. The van der Waals surface area contributed by atoms with Gasteiger partial charge in [-0.1, -0.05) is 6.07 Å². The third kappa shape index (κ3) is 5.51. The van der Waals surface area contributed by atoms with Crippen LogP contribution in [-0.2, 0) is 10.0 Å². The number of nitrogens with zero attached hydrogens (tertiary/aromatic N) is 2. The molecule has 2 aromatic heterocycles. The number of thiocarbonyl (C=S) groups is 1. The summed E-state index contributed by atoms with van der Waals surface area (Å²) in [5.41, 5.74) is 1.63. The largest absolute Gasteiger partial charge is 0.478 e. The highest BCUT2D eigenvalue weighted by atomic mass is 32.2. The number of nitrogens with one attached hydrogen (secondary N) is 2. The fourth-order valence-electron chi connectivity index (χ4n) is 4.51. The summed E-state index contributed by atoms with van der Waals surface area (Å²) in [6.07, 6.45) is 2.72. The molecule has 0 spiro atoms. The Hall–Kier alpha value is -4.75. The molecule has 13 heteroatoms. The summed E-state index contributed by atoms with van der Waals surface area (Å²) in [5.74, 6) is -1.81. The van der Waals surface area contributed by atoms with Crippen molar-refractivity contribution in [2.75, 3.05) is 15.9 Å². The van der Waals surface area contributed by atoms with E-state index < -0.39 is 34.0 Å². The highest BCUT2D eigenvalue weighted by molar-refractivity contribution is 7.92. The van der Waals surface area contributed by atoms with Crippen molar-refractivity contribution in [2.24, 2.45) is 0 Å². The van der Waals surface area contributed by atoms with Gasteiger partial charge in [-0.3, -0.25) is 9.71 Å². The van der Waals surface area contributed by atoms with E-state index in [0.29, 0.717) is 27.9 Å². The third-order valence-electron chi connectivity index (χ3n) is 6.18. The van der Waals surface area contributed by atoms with E-state index in [4.69, 9.17) is 16.6 Å². The second kappa shape index (κ2) is 10.4. The van der Waals surface area contributed by atoms with Crippen LogP contribution in [0.25, 0.3) is 11.3 Å². The molecule has 0 radical (unpaired) electrons. The first kappa shape index (κ1) is 26.8. The van der Waals surface area contributed by atoms with Crippen LogP contribution in [0, 0.1) is 0 Å². The summed E-state index contributed by atoms with van der Waals surface area (Å²) in [7, 11) is -3.46. The maximum atomic E-state index is 11.6. The number of hydrogen-bond acceptors (Lipinski definition) is 7. The number of pyridine rings is 1. The summed E-state index contributed by atoms with van der Waals surface area (Å²) in [5, 5.41) is 22.6. The number of rotatable bonds is 8. The molecule has 4 aromatic rings. The van der Waals surface area contributed by atoms with Gasteiger partial charge in [-0.15, -0.1) is 0 Å². The number of benzene rings is 2. The van der Waals surface area contributed by atoms with E-state index in [1.165, 1.54) is 12.1 Å². The van der Waals surface area contributed by atoms with Crippen molar-refractivity contribution in [3.05, 3.63) is 102 Å². The van der Waals surface area contributed by atoms with Gasteiger partial charge < -0.3 is 24.8 Å². The number of carbonyl (C=O) groups is 2. The molecule has 4 N–H and O–H groups in total. The van der Waals surface area contributed by atoms with Crippen molar-refractivity contribution in [1.82, 2.24) is 10.3 Å². The second-order valence-electron chi connectivity index (χ2n) is 9.03. The molecule has 1 aliphatic heterocycles. The van der Waals surface area contributed by atoms with Crippen LogP contribution in [0.1, 0.15) is 44.3 Å². The predicted molar refractivity (Wildman–Crippen MR) is 151 cm³/mol. The van der Waals surface area contributed by atoms with E-state index in [0.717, 1.165) is 12.3 Å². The minimum absolute atomic E-state index is 0.188. The molecule has 2 atom stereocenters. The zero-order valence-electron chi connectivity index (χ0n) is 20.8. The van der Waals surface area contributed by atoms with E-state index in [-0.39, 0.29) is 22.5 Å². The van der Waals surface area contributed by atoms with Crippen LogP contribution in [-0.4, -0.2) is 46.9 Å². The fraction of sp³-hybridized carbons (Fsp3) is 0.111. The summed E-state index contributed by atoms with van der Waals surface area (Å²) in [6.45, 7) is 0. The zero-order valence-corrected chi connectivity index (χ0v) is 22.4. The fourth-order valence-corrected chi connectivity index (χ4v) is 5.42. The van der Waals surface area contributed by atoms with Crippen LogP contribution >= 0.6 is 12.2 Å². The predicted octanol–water partition coefficient (Wildman–Crippen LogP) is 4.29. The van der Waals surface area contributed by atoms with Gasteiger partial charge in [0.15, 0.2) is 5.11 Å². The Morgan fingerprint density at radius 2 is 1.68 bits per heavy atom. The molecule has 40 heavy (non-hydrogen) atoms. The van der Waals surface area contributed by atoms with Crippen molar-refractivity contribution in [2.45, 2.75) is 12.1 Å². The molecule has 0 saturated carbocycles. The number of furan rings is 1. The summed E-state index contributed by atoms with van der Waals surface area (Å²) in [4.78, 5) is 29.5. The number of sulfonamides is 1. The Balaban J connectivity index is 1.58.